The SMILES string of the molecule is CCCCOC(=O)N1CCN(c2cnc(N)cn2)CC1. The van der Waals surface area contributed by atoms with Crippen LogP contribution < -0.4 is 10.6 Å². The summed E-state index contributed by atoms with van der Waals surface area (Å²) in [5.74, 6) is 1.20. The minimum absolute atomic E-state index is 0.221. The highest BCUT2D eigenvalue weighted by Gasteiger charge is 2.22. The number of nitrogen functional groups attached to an aromatic ring is 1. The number of unbranched alkanes of at least 4 members (excludes halogenated alkanes) is 1. The first kappa shape index (κ1) is 14.4. The molecule has 7 nitrogen and oxygen atoms in total. The Labute approximate surface area is 118 Å². The van der Waals surface area contributed by atoms with Crippen LogP contribution in [0.15, 0.2) is 12.4 Å². The van der Waals surface area contributed by atoms with Gasteiger partial charge in [0.05, 0.1) is 19.0 Å². The summed E-state index contributed by atoms with van der Waals surface area (Å²) in [6, 6.07) is 0. The highest BCUT2D eigenvalue weighted by atomic mass is 16.6. The summed E-state index contributed by atoms with van der Waals surface area (Å²) in [6.45, 7) is 5.29. The molecule has 0 saturated carbocycles. The summed E-state index contributed by atoms with van der Waals surface area (Å²) in [5.41, 5.74) is 5.51. The van der Waals surface area contributed by atoms with E-state index in [1.807, 2.05) is 0 Å². The van der Waals surface area contributed by atoms with Crippen LogP contribution in [0.3, 0.4) is 0 Å². The molecule has 1 aliphatic rings. The Morgan fingerprint density at radius 1 is 1.30 bits per heavy atom. The van der Waals surface area contributed by atoms with Crippen molar-refractivity contribution in [2.45, 2.75) is 19.8 Å². The molecular weight excluding hydrogens is 258 g/mol. The minimum Gasteiger partial charge on any atom is -0.449 e. The van der Waals surface area contributed by atoms with E-state index in [9.17, 15) is 4.79 Å². The van der Waals surface area contributed by atoms with Crippen LogP contribution in [-0.4, -0.2) is 53.7 Å². The molecule has 0 bridgehead atoms. The standard InChI is InChI=1S/C13H21N5O2/c1-2-3-8-20-13(19)18-6-4-17(5-7-18)12-10-15-11(14)9-16-12/h9-10H,2-8H2,1H3,(H2,14,15). The lowest BCUT2D eigenvalue weighted by molar-refractivity contribution is 0.0989. The number of carbonyl (C=O) groups is 1. The number of amides is 1. The lowest BCUT2D eigenvalue weighted by Gasteiger charge is -2.34. The van der Waals surface area contributed by atoms with Gasteiger partial charge in [-0.3, -0.25) is 0 Å². The summed E-state index contributed by atoms with van der Waals surface area (Å²) in [4.78, 5) is 23.9. The van der Waals surface area contributed by atoms with Crippen molar-refractivity contribution in [2.75, 3.05) is 43.4 Å². The van der Waals surface area contributed by atoms with Crippen molar-refractivity contribution < 1.29 is 9.53 Å². The number of nitrogens with two attached hydrogens (primary N) is 1. The molecule has 0 aliphatic carbocycles. The van der Waals surface area contributed by atoms with Gasteiger partial charge in [0.25, 0.3) is 0 Å². The van der Waals surface area contributed by atoms with E-state index in [1.165, 1.54) is 0 Å². The fourth-order valence-corrected chi connectivity index (χ4v) is 2.01. The van der Waals surface area contributed by atoms with E-state index in [1.54, 1.807) is 17.3 Å². The Hall–Kier alpha value is -2.05. The largest absolute Gasteiger partial charge is 0.449 e. The van der Waals surface area contributed by atoms with E-state index in [4.69, 9.17) is 10.5 Å². The Balaban J connectivity index is 1.80. The predicted molar refractivity (Wildman–Crippen MR) is 76.5 cm³/mol. The van der Waals surface area contributed by atoms with E-state index < -0.39 is 0 Å². The van der Waals surface area contributed by atoms with Gasteiger partial charge in [0.15, 0.2) is 0 Å². The maximum atomic E-state index is 11.8. The number of anilines is 2. The molecule has 2 N–H and O–H groups in total. The van der Waals surface area contributed by atoms with Gasteiger partial charge in [-0.25, -0.2) is 14.8 Å². The molecule has 0 spiro atoms. The smallest absolute Gasteiger partial charge is 0.409 e. The summed E-state index contributed by atoms with van der Waals surface area (Å²) >= 11 is 0. The summed E-state index contributed by atoms with van der Waals surface area (Å²) in [5, 5.41) is 0. The molecule has 2 rings (SSSR count). The van der Waals surface area contributed by atoms with Crippen molar-refractivity contribution in [1.29, 1.82) is 0 Å². The van der Waals surface area contributed by atoms with Crippen LogP contribution in [0.4, 0.5) is 16.4 Å². The molecule has 1 aromatic rings. The van der Waals surface area contributed by atoms with Gasteiger partial charge in [-0.1, -0.05) is 13.3 Å². The summed E-state index contributed by atoms with van der Waals surface area (Å²) in [7, 11) is 0. The fraction of sp³-hybridized carbons (Fsp3) is 0.615. The third kappa shape index (κ3) is 3.72. The minimum atomic E-state index is -0.221. The van der Waals surface area contributed by atoms with Crippen LogP contribution in [0.25, 0.3) is 0 Å². The lowest BCUT2D eigenvalue weighted by atomic mass is 10.3. The number of hydrogen-bond donors (Lipinski definition) is 1. The number of piperazine rings is 1. The highest BCUT2D eigenvalue weighted by Crippen LogP contribution is 2.13. The Morgan fingerprint density at radius 2 is 2.05 bits per heavy atom. The Bertz CT molecular complexity index is 429. The highest BCUT2D eigenvalue weighted by molar-refractivity contribution is 5.68. The zero-order valence-electron chi connectivity index (χ0n) is 11.8. The normalized spacial score (nSPS) is 15.2. The molecule has 0 atom stereocenters. The number of rotatable bonds is 4. The Kier molecular flexibility index (Phi) is 4.97. The molecule has 20 heavy (non-hydrogen) atoms. The molecule has 2 heterocycles. The van der Waals surface area contributed by atoms with Crippen molar-refractivity contribution in [3.05, 3.63) is 12.4 Å². The molecule has 1 aromatic heterocycles. The average Bonchev–Trinajstić information content (AvgIpc) is 2.48. The van der Waals surface area contributed by atoms with Crippen LogP contribution >= 0.6 is 0 Å². The van der Waals surface area contributed by atoms with Crippen molar-refractivity contribution in [2.24, 2.45) is 0 Å². The maximum Gasteiger partial charge on any atom is 0.409 e. The van der Waals surface area contributed by atoms with Gasteiger partial charge in [-0.05, 0) is 6.42 Å². The lowest BCUT2D eigenvalue weighted by Crippen LogP contribution is -2.49. The second-order valence-corrected chi connectivity index (χ2v) is 4.74. The van der Waals surface area contributed by atoms with Gasteiger partial charge in [0, 0.05) is 26.2 Å². The van der Waals surface area contributed by atoms with Gasteiger partial charge in [-0.15, -0.1) is 0 Å². The summed E-state index contributed by atoms with van der Waals surface area (Å²) in [6.07, 6.45) is 4.91. The second kappa shape index (κ2) is 6.93. The van der Waals surface area contributed by atoms with Crippen molar-refractivity contribution >= 4 is 17.7 Å². The molecule has 1 fully saturated rings. The van der Waals surface area contributed by atoms with Crippen molar-refractivity contribution in [3.8, 4) is 0 Å². The zero-order valence-corrected chi connectivity index (χ0v) is 11.8. The molecule has 1 saturated heterocycles. The zero-order chi connectivity index (χ0) is 14.4. The third-order valence-electron chi connectivity index (χ3n) is 3.24. The molecular formula is C13H21N5O2. The molecule has 1 amide bonds. The Morgan fingerprint density at radius 3 is 2.65 bits per heavy atom. The maximum absolute atomic E-state index is 11.8. The third-order valence-corrected chi connectivity index (χ3v) is 3.24. The number of hydrogen-bond acceptors (Lipinski definition) is 6. The average molecular weight is 279 g/mol. The molecule has 0 unspecified atom stereocenters. The van der Waals surface area contributed by atoms with E-state index in [2.05, 4.69) is 21.8 Å². The first-order valence-corrected chi connectivity index (χ1v) is 6.95. The van der Waals surface area contributed by atoms with Gasteiger partial charge in [-0.2, -0.15) is 0 Å². The number of nitrogens with zero attached hydrogens (tertiary/aromatic N) is 4. The topological polar surface area (TPSA) is 84.6 Å². The molecule has 1 aliphatic heterocycles. The first-order valence-electron chi connectivity index (χ1n) is 6.95. The monoisotopic (exact) mass is 279 g/mol. The van der Waals surface area contributed by atoms with Crippen LogP contribution in [0.2, 0.25) is 0 Å². The van der Waals surface area contributed by atoms with Crippen LogP contribution in [0.5, 0.6) is 0 Å². The number of aromatic nitrogens is 2. The van der Waals surface area contributed by atoms with E-state index in [-0.39, 0.29) is 6.09 Å². The number of ether oxygens (including phenoxy) is 1. The van der Waals surface area contributed by atoms with E-state index >= 15 is 0 Å². The van der Waals surface area contributed by atoms with Gasteiger partial charge >= 0.3 is 6.09 Å². The molecule has 110 valence electrons. The van der Waals surface area contributed by atoms with Gasteiger partial charge in [0.2, 0.25) is 0 Å². The van der Waals surface area contributed by atoms with Crippen LogP contribution in [0.1, 0.15) is 19.8 Å². The van der Waals surface area contributed by atoms with Crippen LogP contribution in [-0.2, 0) is 4.74 Å². The van der Waals surface area contributed by atoms with Crippen LogP contribution in [0, 0.1) is 0 Å². The predicted octanol–water partition coefficient (Wildman–Crippen LogP) is 1.12. The molecule has 0 aromatic carbocycles. The summed E-state index contributed by atoms with van der Waals surface area (Å²) < 4.78 is 5.20. The first-order chi connectivity index (χ1) is 9.70. The number of carbonyl (C=O) groups excluding carboxylic acids is 1. The quantitative estimate of drug-likeness (QED) is 0.831. The fourth-order valence-electron chi connectivity index (χ4n) is 2.01. The van der Waals surface area contributed by atoms with Gasteiger partial charge in [0.1, 0.15) is 11.6 Å². The second-order valence-electron chi connectivity index (χ2n) is 4.74. The van der Waals surface area contributed by atoms with Crippen molar-refractivity contribution in [1.82, 2.24) is 14.9 Å². The molecule has 7 heteroatoms. The molecule has 0 radical (unpaired) electrons. The van der Waals surface area contributed by atoms with Crippen molar-refractivity contribution in [3.63, 3.8) is 0 Å². The van der Waals surface area contributed by atoms with Gasteiger partial charge < -0.3 is 20.3 Å². The van der Waals surface area contributed by atoms with E-state index in [0.717, 1.165) is 31.7 Å². The van der Waals surface area contributed by atoms with E-state index in [0.29, 0.717) is 25.5 Å².